The second-order valence-electron chi connectivity index (χ2n) is 4.78. The summed E-state index contributed by atoms with van der Waals surface area (Å²) in [5.74, 6) is 4.62. The van der Waals surface area contributed by atoms with Crippen LogP contribution in [0.5, 0.6) is 0 Å². The predicted molar refractivity (Wildman–Crippen MR) is 79.1 cm³/mol. The number of benzene rings is 2. The molecule has 0 saturated carbocycles. The van der Waals surface area contributed by atoms with Crippen LogP contribution in [0.25, 0.3) is 10.9 Å². The van der Waals surface area contributed by atoms with E-state index in [0.717, 1.165) is 16.5 Å². The van der Waals surface area contributed by atoms with E-state index < -0.39 is 0 Å². The molecule has 3 N–H and O–H groups in total. The van der Waals surface area contributed by atoms with Gasteiger partial charge in [-0.1, -0.05) is 18.2 Å². The third-order valence-corrected chi connectivity index (χ3v) is 3.47. The van der Waals surface area contributed by atoms with E-state index >= 15 is 0 Å². The number of hydrazine groups is 1. The van der Waals surface area contributed by atoms with Crippen LogP contribution in [0.15, 0.2) is 54.7 Å². The molecule has 1 amide bonds. The number of nitrogen functional groups attached to an aromatic ring is 1. The van der Waals surface area contributed by atoms with Gasteiger partial charge in [-0.15, -0.1) is 0 Å². The molecule has 4 nitrogen and oxygen atoms in total. The van der Waals surface area contributed by atoms with Crippen molar-refractivity contribution < 1.29 is 9.18 Å². The highest BCUT2D eigenvalue weighted by atomic mass is 19.1. The minimum atomic E-state index is -0.326. The number of hydrogen-bond acceptors (Lipinski definition) is 2. The summed E-state index contributed by atoms with van der Waals surface area (Å²) in [6.45, 7) is 0.513. The number of amides is 1. The third-order valence-electron chi connectivity index (χ3n) is 3.47. The number of fused-ring (bicyclic) bond motifs is 1. The van der Waals surface area contributed by atoms with Crippen LogP contribution in [0.2, 0.25) is 0 Å². The van der Waals surface area contributed by atoms with Crippen LogP contribution in [0.3, 0.4) is 0 Å². The van der Waals surface area contributed by atoms with Gasteiger partial charge in [-0.05, 0) is 35.9 Å². The summed E-state index contributed by atoms with van der Waals surface area (Å²) in [5, 5.41) is 0.829. The number of carbonyl (C=O) groups is 1. The average molecular weight is 283 g/mol. The summed E-state index contributed by atoms with van der Waals surface area (Å²) in [6.07, 6.45) is 1.88. The molecule has 3 rings (SSSR count). The first-order valence-corrected chi connectivity index (χ1v) is 6.52. The number of hydrogen-bond donors (Lipinski definition) is 2. The molecule has 2 aromatic carbocycles. The lowest BCUT2D eigenvalue weighted by Gasteiger charge is -2.10. The standard InChI is InChI=1S/C16H14FN3O/c17-13-5-6-15-11(9-13)7-8-20(15)10-12-3-1-2-4-14(12)16(21)19-18/h1-9H,10,18H2,(H,19,21). The van der Waals surface area contributed by atoms with Gasteiger partial charge in [-0.25, -0.2) is 10.2 Å². The van der Waals surface area contributed by atoms with Crippen LogP contribution in [-0.4, -0.2) is 10.5 Å². The lowest BCUT2D eigenvalue weighted by atomic mass is 10.1. The number of carbonyl (C=O) groups excluding carboxylic acids is 1. The van der Waals surface area contributed by atoms with Crippen LogP contribution >= 0.6 is 0 Å². The van der Waals surface area contributed by atoms with Crippen molar-refractivity contribution in [2.24, 2.45) is 5.84 Å². The number of rotatable bonds is 3. The average Bonchev–Trinajstić information content (AvgIpc) is 2.89. The Hall–Kier alpha value is -2.66. The highest BCUT2D eigenvalue weighted by Gasteiger charge is 2.11. The Morgan fingerprint density at radius 2 is 2.00 bits per heavy atom. The molecule has 0 aliphatic carbocycles. The molecule has 0 aliphatic heterocycles. The number of halogens is 1. The van der Waals surface area contributed by atoms with Gasteiger partial charge in [-0.3, -0.25) is 10.2 Å². The van der Waals surface area contributed by atoms with Gasteiger partial charge in [0, 0.05) is 29.2 Å². The molecule has 0 atom stereocenters. The van der Waals surface area contributed by atoms with Crippen LogP contribution in [0.1, 0.15) is 15.9 Å². The minimum absolute atomic E-state index is 0.261. The fraction of sp³-hybridized carbons (Fsp3) is 0.0625. The zero-order valence-corrected chi connectivity index (χ0v) is 11.2. The molecule has 0 spiro atoms. The van der Waals surface area contributed by atoms with Crippen LogP contribution < -0.4 is 11.3 Å². The van der Waals surface area contributed by atoms with E-state index in [4.69, 9.17) is 5.84 Å². The van der Waals surface area contributed by atoms with Crippen molar-refractivity contribution in [1.82, 2.24) is 9.99 Å². The maximum Gasteiger partial charge on any atom is 0.265 e. The van der Waals surface area contributed by atoms with Crippen LogP contribution in [-0.2, 0) is 6.54 Å². The van der Waals surface area contributed by atoms with E-state index in [-0.39, 0.29) is 11.7 Å². The number of nitrogens with one attached hydrogen (secondary N) is 1. The van der Waals surface area contributed by atoms with Crippen molar-refractivity contribution in [3.8, 4) is 0 Å². The topological polar surface area (TPSA) is 60.0 Å². The van der Waals surface area contributed by atoms with E-state index in [2.05, 4.69) is 5.43 Å². The molecule has 1 heterocycles. The zero-order chi connectivity index (χ0) is 14.8. The quantitative estimate of drug-likeness (QED) is 0.440. The zero-order valence-electron chi connectivity index (χ0n) is 11.2. The largest absolute Gasteiger partial charge is 0.343 e. The van der Waals surface area contributed by atoms with E-state index in [1.165, 1.54) is 12.1 Å². The first kappa shape index (κ1) is 13.3. The summed E-state index contributed by atoms with van der Waals surface area (Å²) in [5.41, 5.74) is 4.44. The van der Waals surface area contributed by atoms with E-state index in [1.54, 1.807) is 18.2 Å². The molecule has 3 aromatic rings. The lowest BCUT2D eigenvalue weighted by Crippen LogP contribution is -2.31. The molecule has 0 aliphatic rings. The number of aromatic nitrogens is 1. The Balaban J connectivity index is 2.01. The van der Waals surface area contributed by atoms with Crippen molar-refractivity contribution in [3.05, 3.63) is 71.7 Å². The van der Waals surface area contributed by atoms with Gasteiger partial charge in [0.2, 0.25) is 0 Å². The summed E-state index contributed by atoms with van der Waals surface area (Å²) < 4.78 is 15.2. The summed E-state index contributed by atoms with van der Waals surface area (Å²) in [7, 11) is 0. The van der Waals surface area contributed by atoms with Crippen LogP contribution in [0.4, 0.5) is 4.39 Å². The van der Waals surface area contributed by atoms with Gasteiger partial charge in [0.15, 0.2) is 0 Å². The first-order chi connectivity index (χ1) is 10.2. The molecule has 0 unspecified atom stereocenters. The van der Waals surface area contributed by atoms with Crippen molar-refractivity contribution in [3.63, 3.8) is 0 Å². The summed E-state index contributed by atoms with van der Waals surface area (Å²) in [6, 6.07) is 13.8. The molecular weight excluding hydrogens is 269 g/mol. The summed E-state index contributed by atoms with van der Waals surface area (Å²) >= 11 is 0. The predicted octanol–water partition coefficient (Wildman–Crippen LogP) is 2.43. The Morgan fingerprint density at radius 3 is 2.81 bits per heavy atom. The molecule has 0 saturated heterocycles. The normalized spacial score (nSPS) is 10.8. The molecule has 0 bridgehead atoms. The molecule has 0 radical (unpaired) electrons. The minimum Gasteiger partial charge on any atom is -0.343 e. The van der Waals surface area contributed by atoms with Gasteiger partial charge in [0.25, 0.3) is 5.91 Å². The van der Waals surface area contributed by atoms with E-state index in [0.29, 0.717) is 12.1 Å². The molecular formula is C16H14FN3O. The fourth-order valence-corrected chi connectivity index (χ4v) is 2.45. The third kappa shape index (κ3) is 2.51. The summed E-state index contributed by atoms with van der Waals surface area (Å²) in [4.78, 5) is 11.8. The Labute approximate surface area is 121 Å². The lowest BCUT2D eigenvalue weighted by molar-refractivity contribution is 0.0952. The highest BCUT2D eigenvalue weighted by molar-refractivity contribution is 5.95. The second-order valence-corrected chi connectivity index (χ2v) is 4.78. The molecule has 5 heteroatoms. The first-order valence-electron chi connectivity index (χ1n) is 6.52. The highest BCUT2D eigenvalue weighted by Crippen LogP contribution is 2.19. The van der Waals surface area contributed by atoms with Crippen molar-refractivity contribution in [2.75, 3.05) is 0 Å². The molecule has 0 fully saturated rings. The fourth-order valence-electron chi connectivity index (χ4n) is 2.45. The van der Waals surface area contributed by atoms with Crippen molar-refractivity contribution in [2.45, 2.75) is 6.54 Å². The molecule has 1 aromatic heterocycles. The monoisotopic (exact) mass is 283 g/mol. The van der Waals surface area contributed by atoms with E-state index in [9.17, 15) is 9.18 Å². The van der Waals surface area contributed by atoms with E-state index in [1.807, 2.05) is 29.0 Å². The Morgan fingerprint density at radius 1 is 1.19 bits per heavy atom. The van der Waals surface area contributed by atoms with Crippen LogP contribution in [0, 0.1) is 5.82 Å². The number of nitrogens with zero attached hydrogens (tertiary/aromatic N) is 1. The SMILES string of the molecule is NNC(=O)c1ccccc1Cn1ccc2cc(F)ccc21. The van der Waals surface area contributed by atoms with Crippen molar-refractivity contribution in [1.29, 1.82) is 0 Å². The van der Waals surface area contributed by atoms with Gasteiger partial charge >= 0.3 is 0 Å². The molecule has 106 valence electrons. The van der Waals surface area contributed by atoms with Crippen molar-refractivity contribution >= 4 is 16.8 Å². The molecule has 21 heavy (non-hydrogen) atoms. The number of nitrogens with two attached hydrogens (primary N) is 1. The Bertz CT molecular complexity index is 810. The van der Waals surface area contributed by atoms with Gasteiger partial charge in [-0.2, -0.15) is 0 Å². The van der Waals surface area contributed by atoms with Gasteiger partial charge < -0.3 is 4.57 Å². The van der Waals surface area contributed by atoms with Gasteiger partial charge in [0.1, 0.15) is 5.82 Å². The maximum atomic E-state index is 13.2. The Kier molecular flexibility index (Phi) is 3.41. The maximum absolute atomic E-state index is 13.2. The smallest absolute Gasteiger partial charge is 0.265 e. The van der Waals surface area contributed by atoms with Gasteiger partial charge in [0.05, 0.1) is 0 Å². The second kappa shape index (κ2) is 5.38.